The number of anilines is 1. The highest BCUT2D eigenvalue weighted by Crippen LogP contribution is 2.31. The molecule has 0 atom stereocenters. The summed E-state index contributed by atoms with van der Waals surface area (Å²) in [6.07, 6.45) is 4.19. The lowest BCUT2D eigenvalue weighted by atomic mass is 10.2. The van der Waals surface area contributed by atoms with Crippen LogP contribution in [0.15, 0.2) is 36.7 Å². The zero-order valence-corrected chi connectivity index (χ0v) is 11.5. The van der Waals surface area contributed by atoms with E-state index in [1.807, 2.05) is 37.4 Å². The number of amides is 1. The minimum Gasteiger partial charge on any atom is -0.490 e. The first-order valence-electron chi connectivity index (χ1n) is 6.75. The smallest absolute Gasteiger partial charge is 0.229 e. The molecule has 1 aromatic carbocycles. The molecule has 5 heteroatoms. The predicted molar refractivity (Wildman–Crippen MR) is 75.9 cm³/mol. The molecular weight excluding hydrogens is 254 g/mol. The molecule has 1 aromatic heterocycles. The lowest BCUT2D eigenvalue weighted by Gasteiger charge is -2.29. The summed E-state index contributed by atoms with van der Waals surface area (Å²) in [7, 11) is 0. The SMILES string of the molecule is Cc1cnn(CCC(=O)N2CCOc3ccccc32)c1. The molecule has 5 nitrogen and oxygen atoms in total. The van der Waals surface area contributed by atoms with Gasteiger partial charge in [-0.1, -0.05) is 12.1 Å². The number of aromatic nitrogens is 2. The number of fused-ring (bicyclic) bond motifs is 1. The van der Waals surface area contributed by atoms with Crippen LogP contribution in [-0.2, 0) is 11.3 Å². The number of hydrogen-bond acceptors (Lipinski definition) is 3. The van der Waals surface area contributed by atoms with Crippen molar-refractivity contribution in [2.24, 2.45) is 0 Å². The van der Waals surface area contributed by atoms with Crippen molar-refractivity contribution < 1.29 is 9.53 Å². The molecule has 0 radical (unpaired) electrons. The van der Waals surface area contributed by atoms with E-state index in [1.165, 1.54) is 0 Å². The molecule has 2 heterocycles. The first kappa shape index (κ1) is 12.7. The Bertz CT molecular complexity index is 621. The van der Waals surface area contributed by atoms with Crippen molar-refractivity contribution in [3.63, 3.8) is 0 Å². The summed E-state index contributed by atoms with van der Waals surface area (Å²) in [6.45, 7) is 3.74. The summed E-state index contributed by atoms with van der Waals surface area (Å²) >= 11 is 0. The van der Waals surface area contributed by atoms with Gasteiger partial charge in [0, 0.05) is 19.2 Å². The predicted octanol–water partition coefficient (Wildman–Crippen LogP) is 2.01. The van der Waals surface area contributed by atoms with Gasteiger partial charge in [0.2, 0.25) is 5.91 Å². The monoisotopic (exact) mass is 271 g/mol. The zero-order chi connectivity index (χ0) is 13.9. The first-order chi connectivity index (χ1) is 9.74. The van der Waals surface area contributed by atoms with Gasteiger partial charge in [-0.15, -0.1) is 0 Å². The van der Waals surface area contributed by atoms with Gasteiger partial charge in [0.15, 0.2) is 0 Å². The van der Waals surface area contributed by atoms with Crippen LogP contribution in [0, 0.1) is 6.92 Å². The van der Waals surface area contributed by atoms with Gasteiger partial charge in [0.25, 0.3) is 0 Å². The minimum atomic E-state index is 0.105. The Hall–Kier alpha value is -2.30. The number of carbonyl (C=O) groups is 1. The summed E-state index contributed by atoms with van der Waals surface area (Å²) < 4.78 is 7.36. The average molecular weight is 271 g/mol. The quantitative estimate of drug-likeness (QED) is 0.858. The maximum Gasteiger partial charge on any atom is 0.229 e. The van der Waals surface area contributed by atoms with Crippen molar-refractivity contribution in [1.29, 1.82) is 0 Å². The van der Waals surface area contributed by atoms with Crippen LogP contribution in [0.25, 0.3) is 0 Å². The summed E-state index contributed by atoms with van der Waals surface area (Å²) in [5.74, 6) is 0.885. The molecule has 0 unspecified atom stereocenters. The van der Waals surface area contributed by atoms with E-state index in [0.717, 1.165) is 17.0 Å². The fraction of sp³-hybridized carbons (Fsp3) is 0.333. The van der Waals surface area contributed by atoms with E-state index >= 15 is 0 Å². The molecule has 0 fully saturated rings. The van der Waals surface area contributed by atoms with Crippen LogP contribution < -0.4 is 9.64 Å². The lowest BCUT2D eigenvalue weighted by molar-refractivity contribution is -0.119. The largest absolute Gasteiger partial charge is 0.490 e. The minimum absolute atomic E-state index is 0.105. The van der Waals surface area contributed by atoms with E-state index in [4.69, 9.17) is 4.74 Å². The molecular formula is C15H17N3O2. The van der Waals surface area contributed by atoms with Crippen LogP contribution in [0.3, 0.4) is 0 Å². The normalized spacial score (nSPS) is 13.8. The Kier molecular flexibility index (Phi) is 3.41. The van der Waals surface area contributed by atoms with Gasteiger partial charge < -0.3 is 9.64 Å². The second-order valence-corrected chi connectivity index (χ2v) is 4.89. The lowest BCUT2D eigenvalue weighted by Crippen LogP contribution is -2.38. The van der Waals surface area contributed by atoms with Crippen LogP contribution in [-0.4, -0.2) is 28.8 Å². The number of para-hydroxylation sites is 2. The summed E-state index contributed by atoms with van der Waals surface area (Å²) in [6, 6.07) is 7.65. The van der Waals surface area contributed by atoms with Crippen LogP contribution >= 0.6 is 0 Å². The number of nitrogens with zero attached hydrogens (tertiary/aromatic N) is 3. The highest BCUT2D eigenvalue weighted by atomic mass is 16.5. The van der Waals surface area contributed by atoms with Crippen molar-refractivity contribution in [2.75, 3.05) is 18.1 Å². The molecule has 1 amide bonds. The fourth-order valence-corrected chi connectivity index (χ4v) is 2.36. The molecule has 1 aliphatic heterocycles. The van der Waals surface area contributed by atoms with E-state index in [2.05, 4.69) is 5.10 Å². The van der Waals surface area contributed by atoms with E-state index in [9.17, 15) is 4.79 Å². The van der Waals surface area contributed by atoms with Crippen molar-refractivity contribution in [2.45, 2.75) is 19.9 Å². The Morgan fingerprint density at radius 1 is 1.40 bits per heavy atom. The molecule has 20 heavy (non-hydrogen) atoms. The van der Waals surface area contributed by atoms with Gasteiger partial charge >= 0.3 is 0 Å². The molecule has 3 rings (SSSR count). The van der Waals surface area contributed by atoms with Gasteiger partial charge in [0.1, 0.15) is 12.4 Å². The molecule has 0 saturated heterocycles. The van der Waals surface area contributed by atoms with Crippen LogP contribution in [0.4, 0.5) is 5.69 Å². The van der Waals surface area contributed by atoms with Crippen molar-refractivity contribution in [3.8, 4) is 5.75 Å². The molecule has 2 aromatic rings. The maximum absolute atomic E-state index is 12.4. The second kappa shape index (κ2) is 5.36. The highest BCUT2D eigenvalue weighted by Gasteiger charge is 2.22. The third kappa shape index (κ3) is 2.52. The second-order valence-electron chi connectivity index (χ2n) is 4.89. The molecule has 0 saturated carbocycles. The molecule has 0 aliphatic carbocycles. The van der Waals surface area contributed by atoms with Crippen LogP contribution in [0.2, 0.25) is 0 Å². The summed E-state index contributed by atoms with van der Waals surface area (Å²) in [4.78, 5) is 14.2. The number of ether oxygens (including phenoxy) is 1. The number of rotatable bonds is 3. The van der Waals surface area contributed by atoms with Crippen molar-refractivity contribution in [3.05, 3.63) is 42.2 Å². The molecule has 1 aliphatic rings. The number of aryl methyl sites for hydroxylation is 2. The van der Waals surface area contributed by atoms with Gasteiger partial charge in [-0.2, -0.15) is 5.10 Å². The van der Waals surface area contributed by atoms with Crippen LogP contribution in [0.1, 0.15) is 12.0 Å². The topological polar surface area (TPSA) is 47.4 Å². The van der Waals surface area contributed by atoms with Crippen LogP contribution in [0.5, 0.6) is 5.75 Å². The van der Waals surface area contributed by atoms with Crippen molar-refractivity contribution in [1.82, 2.24) is 9.78 Å². The Labute approximate surface area is 117 Å². The van der Waals surface area contributed by atoms with E-state index < -0.39 is 0 Å². The standard InChI is InChI=1S/C15H17N3O2/c1-12-10-16-17(11-12)7-6-15(19)18-8-9-20-14-5-3-2-4-13(14)18/h2-5,10-11H,6-9H2,1H3. The molecule has 0 spiro atoms. The van der Waals surface area contributed by atoms with Crippen molar-refractivity contribution >= 4 is 11.6 Å². The molecule has 0 N–H and O–H groups in total. The van der Waals surface area contributed by atoms with E-state index in [0.29, 0.717) is 26.1 Å². The highest BCUT2D eigenvalue weighted by molar-refractivity contribution is 5.95. The molecule has 104 valence electrons. The van der Waals surface area contributed by atoms with Gasteiger partial charge in [-0.3, -0.25) is 9.48 Å². The third-order valence-electron chi connectivity index (χ3n) is 3.35. The zero-order valence-electron chi connectivity index (χ0n) is 11.5. The fourth-order valence-electron chi connectivity index (χ4n) is 2.36. The van der Waals surface area contributed by atoms with Gasteiger partial charge in [-0.25, -0.2) is 0 Å². The summed E-state index contributed by atoms with van der Waals surface area (Å²) in [5.41, 5.74) is 1.97. The van der Waals surface area contributed by atoms with E-state index in [-0.39, 0.29) is 5.91 Å². The average Bonchev–Trinajstić information content (AvgIpc) is 2.90. The maximum atomic E-state index is 12.4. The Morgan fingerprint density at radius 3 is 3.05 bits per heavy atom. The molecule has 0 bridgehead atoms. The van der Waals surface area contributed by atoms with E-state index in [1.54, 1.807) is 15.8 Å². The van der Waals surface area contributed by atoms with Gasteiger partial charge in [-0.05, 0) is 24.6 Å². The number of benzene rings is 1. The first-order valence-corrected chi connectivity index (χ1v) is 6.75. The Morgan fingerprint density at radius 2 is 2.25 bits per heavy atom. The third-order valence-corrected chi connectivity index (χ3v) is 3.35. The Balaban J connectivity index is 1.69. The summed E-state index contributed by atoms with van der Waals surface area (Å²) in [5, 5.41) is 4.20. The number of hydrogen-bond donors (Lipinski definition) is 0. The number of carbonyl (C=O) groups excluding carboxylic acids is 1. The van der Waals surface area contributed by atoms with Gasteiger partial charge in [0.05, 0.1) is 18.4 Å².